The lowest BCUT2D eigenvalue weighted by molar-refractivity contribution is 0.231. The first-order valence-electron chi connectivity index (χ1n) is 5.65. The highest BCUT2D eigenvalue weighted by molar-refractivity contribution is 5.28. The molecule has 0 bridgehead atoms. The molecule has 2 unspecified atom stereocenters. The van der Waals surface area contributed by atoms with Crippen LogP contribution in [0.4, 0.5) is 0 Å². The number of aliphatic hydroxyl groups excluding tert-OH is 1. The van der Waals surface area contributed by atoms with Crippen LogP contribution in [0, 0.1) is 5.92 Å². The largest absolute Gasteiger partial charge is 0.497 e. The average Bonchev–Trinajstić information content (AvgIpc) is 2.35. The molecule has 0 aliphatic heterocycles. The van der Waals surface area contributed by atoms with Crippen molar-refractivity contribution in [2.24, 2.45) is 5.92 Å². The van der Waals surface area contributed by atoms with Gasteiger partial charge in [0.15, 0.2) is 0 Å². The van der Waals surface area contributed by atoms with Gasteiger partial charge in [-0.15, -0.1) is 0 Å². The number of ether oxygens (including phenoxy) is 1. The highest BCUT2D eigenvalue weighted by Crippen LogP contribution is 2.17. The minimum atomic E-state index is 0.225. The fraction of sp³-hybridized carbons (Fsp3) is 0.538. The molecular weight excluding hydrogens is 202 g/mol. The molecule has 90 valence electrons. The van der Waals surface area contributed by atoms with E-state index < -0.39 is 0 Å². The first-order chi connectivity index (χ1) is 7.67. The molecule has 0 aliphatic carbocycles. The van der Waals surface area contributed by atoms with Gasteiger partial charge in [0.25, 0.3) is 0 Å². The Kier molecular flexibility index (Phi) is 5.29. The van der Waals surface area contributed by atoms with Crippen molar-refractivity contribution in [2.75, 3.05) is 20.3 Å². The molecule has 2 N–H and O–H groups in total. The quantitative estimate of drug-likeness (QED) is 0.774. The second kappa shape index (κ2) is 6.51. The Labute approximate surface area is 97.4 Å². The van der Waals surface area contributed by atoms with E-state index in [1.54, 1.807) is 7.11 Å². The lowest BCUT2D eigenvalue weighted by Gasteiger charge is -2.17. The van der Waals surface area contributed by atoms with Crippen LogP contribution in [0.5, 0.6) is 5.75 Å². The van der Waals surface area contributed by atoms with Crippen molar-refractivity contribution < 1.29 is 9.84 Å². The second-order valence-corrected chi connectivity index (χ2v) is 4.19. The molecule has 1 aromatic carbocycles. The summed E-state index contributed by atoms with van der Waals surface area (Å²) in [5.74, 6) is 1.17. The molecule has 0 radical (unpaired) electrons. The summed E-state index contributed by atoms with van der Waals surface area (Å²) < 4.78 is 5.11. The summed E-state index contributed by atoms with van der Waals surface area (Å²) in [6.45, 7) is 5.19. The third-order valence-electron chi connectivity index (χ3n) is 2.70. The first kappa shape index (κ1) is 13.0. The molecule has 1 rings (SSSR count). The standard InChI is InChI=1S/C13H21NO2/c1-10(9-15)8-14-11(2)12-4-6-13(16-3)7-5-12/h4-7,10-11,14-15H,8-9H2,1-3H3. The summed E-state index contributed by atoms with van der Waals surface area (Å²) in [5.41, 5.74) is 1.23. The monoisotopic (exact) mass is 223 g/mol. The number of rotatable bonds is 6. The van der Waals surface area contributed by atoms with E-state index in [2.05, 4.69) is 24.4 Å². The van der Waals surface area contributed by atoms with Crippen LogP contribution in [0.25, 0.3) is 0 Å². The molecular formula is C13H21NO2. The average molecular weight is 223 g/mol. The highest BCUT2D eigenvalue weighted by Gasteiger charge is 2.06. The van der Waals surface area contributed by atoms with Gasteiger partial charge in [0.2, 0.25) is 0 Å². The van der Waals surface area contributed by atoms with E-state index in [1.807, 2.05) is 19.1 Å². The Morgan fingerprint density at radius 2 is 1.88 bits per heavy atom. The summed E-state index contributed by atoms with van der Waals surface area (Å²) in [6, 6.07) is 8.33. The van der Waals surface area contributed by atoms with Crippen LogP contribution in [0.1, 0.15) is 25.5 Å². The molecule has 0 spiro atoms. The fourth-order valence-electron chi connectivity index (χ4n) is 1.45. The van der Waals surface area contributed by atoms with E-state index >= 15 is 0 Å². The molecule has 2 atom stereocenters. The third kappa shape index (κ3) is 3.83. The van der Waals surface area contributed by atoms with E-state index in [4.69, 9.17) is 9.84 Å². The minimum absolute atomic E-state index is 0.225. The highest BCUT2D eigenvalue weighted by atomic mass is 16.5. The van der Waals surface area contributed by atoms with Crippen molar-refractivity contribution in [3.63, 3.8) is 0 Å². The lowest BCUT2D eigenvalue weighted by atomic mass is 10.1. The van der Waals surface area contributed by atoms with Gasteiger partial charge in [0.1, 0.15) is 5.75 Å². The van der Waals surface area contributed by atoms with Crippen molar-refractivity contribution in [3.8, 4) is 5.75 Å². The van der Waals surface area contributed by atoms with Crippen LogP contribution in [0.2, 0.25) is 0 Å². The van der Waals surface area contributed by atoms with Crippen LogP contribution < -0.4 is 10.1 Å². The Morgan fingerprint density at radius 3 is 2.38 bits per heavy atom. The number of methoxy groups -OCH3 is 1. The summed E-state index contributed by atoms with van der Waals surface area (Å²) in [5, 5.41) is 12.3. The van der Waals surface area contributed by atoms with Crippen LogP contribution in [0.3, 0.4) is 0 Å². The normalized spacial score (nSPS) is 14.5. The predicted molar refractivity (Wildman–Crippen MR) is 65.7 cm³/mol. The lowest BCUT2D eigenvalue weighted by Crippen LogP contribution is -2.26. The Bertz CT molecular complexity index is 297. The Balaban J connectivity index is 2.49. The van der Waals surface area contributed by atoms with Gasteiger partial charge in [0.05, 0.1) is 7.11 Å². The zero-order valence-corrected chi connectivity index (χ0v) is 10.2. The summed E-state index contributed by atoms with van der Waals surface area (Å²) in [6.07, 6.45) is 0. The van der Waals surface area contributed by atoms with Gasteiger partial charge >= 0.3 is 0 Å². The number of hydrogen-bond acceptors (Lipinski definition) is 3. The first-order valence-corrected chi connectivity index (χ1v) is 5.65. The van der Waals surface area contributed by atoms with Gasteiger partial charge in [-0.2, -0.15) is 0 Å². The summed E-state index contributed by atoms with van der Waals surface area (Å²) >= 11 is 0. The molecule has 16 heavy (non-hydrogen) atoms. The minimum Gasteiger partial charge on any atom is -0.497 e. The van der Waals surface area contributed by atoms with Crippen molar-refractivity contribution in [1.29, 1.82) is 0 Å². The van der Waals surface area contributed by atoms with E-state index in [1.165, 1.54) is 5.56 Å². The van der Waals surface area contributed by atoms with E-state index in [0.717, 1.165) is 12.3 Å². The van der Waals surface area contributed by atoms with Gasteiger partial charge < -0.3 is 15.2 Å². The summed E-state index contributed by atoms with van der Waals surface area (Å²) in [4.78, 5) is 0. The molecule has 0 saturated carbocycles. The van der Waals surface area contributed by atoms with Gasteiger partial charge in [-0.1, -0.05) is 19.1 Å². The van der Waals surface area contributed by atoms with Gasteiger partial charge in [-0.05, 0) is 30.5 Å². The molecule has 3 nitrogen and oxygen atoms in total. The Hall–Kier alpha value is -1.06. The van der Waals surface area contributed by atoms with Gasteiger partial charge in [-0.3, -0.25) is 0 Å². The molecule has 0 fully saturated rings. The SMILES string of the molecule is COc1ccc(C(C)NCC(C)CO)cc1. The number of benzene rings is 1. The van der Waals surface area contributed by atoms with Crippen molar-refractivity contribution in [2.45, 2.75) is 19.9 Å². The van der Waals surface area contributed by atoms with E-state index in [0.29, 0.717) is 12.0 Å². The van der Waals surface area contributed by atoms with Crippen LogP contribution in [-0.4, -0.2) is 25.4 Å². The molecule has 0 aromatic heterocycles. The Morgan fingerprint density at radius 1 is 1.25 bits per heavy atom. The van der Waals surface area contributed by atoms with Crippen molar-refractivity contribution >= 4 is 0 Å². The maximum Gasteiger partial charge on any atom is 0.118 e. The maximum absolute atomic E-state index is 8.93. The summed E-state index contributed by atoms with van der Waals surface area (Å²) in [7, 11) is 1.67. The van der Waals surface area contributed by atoms with Gasteiger partial charge in [0, 0.05) is 19.2 Å². The maximum atomic E-state index is 8.93. The number of hydrogen-bond donors (Lipinski definition) is 2. The van der Waals surface area contributed by atoms with E-state index in [9.17, 15) is 0 Å². The molecule has 3 heteroatoms. The van der Waals surface area contributed by atoms with Crippen molar-refractivity contribution in [1.82, 2.24) is 5.32 Å². The van der Waals surface area contributed by atoms with Gasteiger partial charge in [-0.25, -0.2) is 0 Å². The third-order valence-corrected chi connectivity index (χ3v) is 2.70. The molecule has 0 aliphatic rings. The van der Waals surface area contributed by atoms with Crippen molar-refractivity contribution in [3.05, 3.63) is 29.8 Å². The zero-order valence-electron chi connectivity index (χ0n) is 10.2. The molecule has 0 heterocycles. The van der Waals surface area contributed by atoms with Crippen LogP contribution in [0.15, 0.2) is 24.3 Å². The van der Waals surface area contributed by atoms with Crippen LogP contribution >= 0.6 is 0 Å². The fourth-order valence-corrected chi connectivity index (χ4v) is 1.45. The smallest absolute Gasteiger partial charge is 0.118 e. The molecule has 0 amide bonds. The number of aliphatic hydroxyl groups is 1. The van der Waals surface area contributed by atoms with E-state index in [-0.39, 0.29) is 6.61 Å². The topological polar surface area (TPSA) is 41.5 Å². The molecule has 1 aromatic rings. The number of nitrogens with one attached hydrogen (secondary N) is 1. The predicted octanol–water partition coefficient (Wildman–Crippen LogP) is 1.97. The zero-order chi connectivity index (χ0) is 12.0. The second-order valence-electron chi connectivity index (χ2n) is 4.19. The molecule has 0 saturated heterocycles. The van der Waals surface area contributed by atoms with Crippen LogP contribution in [-0.2, 0) is 0 Å².